The van der Waals surface area contributed by atoms with Crippen LogP contribution in [0.25, 0.3) is 0 Å². The third-order valence-corrected chi connectivity index (χ3v) is 6.97. The van der Waals surface area contributed by atoms with Crippen molar-refractivity contribution in [2.75, 3.05) is 10.5 Å². The second kappa shape index (κ2) is 5.78. The van der Waals surface area contributed by atoms with Crippen molar-refractivity contribution in [2.45, 2.75) is 38.3 Å². The summed E-state index contributed by atoms with van der Waals surface area (Å²) in [4.78, 5) is 3.87. The van der Waals surface area contributed by atoms with Crippen molar-refractivity contribution in [2.24, 2.45) is 5.41 Å². The first-order valence-corrected chi connectivity index (χ1v) is 10.5. The van der Waals surface area contributed by atoms with Crippen molar-refractivity contribution in [1.82, 2.24) is 4.98 Å². The molecule has 1 heterocycles. The Labute approximate surface area is 128 Å². The standard InChI is InChI=1S/C10H17ClN2O4S3/c1-7-8(20(11,16)17)18-9(12-7)13-19(14,15)6-5-10(2,3)4/h5-6H2,1-4H3,(H,12,13). The van der Waals surface area contributed by atoms with E-state index >= 15 is 0 Å². The maximum atomic E-state index is 11.9. The first-order chi connectivity index (χ1) is 8.80. The van der Waals surface area contributed by atoms with Crippen LogP contribution < -0.4 is 4.72 Å². The van der Waals surface area contributed by atoms with Gasteiger partial charge in [-0.3, -0.25) is 4.72 Å². The summed E-state index contributed by atoms with van der Waals surface area (Å²) in [6, 6.07) is 0. The SMILES string of the molecule is Cc1nc(NS(=O)(=O)CCC(C)(C)C)sc1S(=O)(=O)Cl. The van der Waals surface area contributed by atoms with Crippen LogP contribution in [0.3, 0.4) is 0 Å². The van der Waals surface area contributed by atoms with Gasteiger partial charge in [0.2, 0.25) is 10.0 Å². The molecule has 0 atom stereocenters. The van der Waals surface area contributed by atoms with Crippen LogP contribution in [0.1, 0.15) is 32.9 Å². The lowest BCUT2D eigenvalue weighted by Crippen LogP contribution is -2.20. The molecule has 0 unspecified atom stereocenters. The van der Waals surface area contributed by atoms with Gasteiger partial charge in [-0.2, -0.15) is 0 Å². The Morgan fingerprint density at radius 2 is 1.80 bits per heavy atom. The van der Waals surface area contributed by atoms with Gasteiger partial charge in [-0.1, -0.05) is 32.1 Å². The summed E-state index contributed by atoms with van der Waals surface area (Å²) in [5.41, 5.74) is 0.0663. The summed E-state index contributed by atoms with van der Waals surface area (Å²) >= 11 is 0.705. The first-order valence-electron chi connectivity index (χ1n) is 5.73. The summed E-state index contributed by atoms with van der Waals surface area (Å²) < 4.78 is 48.4. The summed E-state index contributed by atoms with van der Waals surface area (Å²) in [5.74, 6) is -0.0575. The molecule has 0 saturated heterocycles. The Morgan fingerprint density at radius 1 is 1.25 bits per heavy atom. The molecule has 0 bridgehead atoms. The lowest BCUT2D eigenvalue weighted by atomic mass is 9.94. The smallest absolute Gasteiger partial charge is 0.259 e. The monoisotopic (exact) mass is 360 g/mol. The number of rotatable bonds is 5. The number of hydrogen-bond donors (Lipinski definition) is 1. The minimum absolute atomic E-state index is 0.00985. The maximum Gasteiger partial charge on any atom is 0.272 e. The molecular weight excluding hydrogens is 344 g/mol. The van der Waals surface area contributed by atoms with E-state index in [1.54, 1.807) is 0 Å². The van der Waals surface area contributed by atoms with Crippen LogP contribution in [0.5, 0.6) is 0 Å². The van der Waals surface area contributed by atoms with Crippen LogP contribution >= 0.6 is 22.0 Å². The second-order valence-electron chi connectivity index (χ2n) is 5.56. The van der Waals surface area contributed by atoms with Gasteiger partial charge in [0.1, 0.15) is 0 Å². The molecule has 0 amide bonds. The van der Waals surface area contributed by atoms with E-state index in [-0.39, 0.29) is 26.2 Å². The molecular formula is C10H17ClN2O4S3. The Morgan fingerprint density at radius 3 is 2.20 bits per heavy atom. The summed E-state index contributed by atoms with van der Waals surface area (Å²) in [7, 11) is -2.23. The number of halogens is 1. The number of anilines is 1. The van der Waals surface area contributed by atoms with E-state index in [2.05, 4.69) is 9.71 Å². The molecule has 0 spiro atoms. The highest BCUT2D eigenvalue weighted by Crippen LogP contribution is 2.30. The van der Waals surface area contributed by atoms with Gasteiger partial charge in [0.05, 0.1) is 11.4 Å². The average Bonchev–Trinajstić information content (AvgIpc) is 2.54. The lowest BCUT2D eigenvalue weighted by molar-refractivity contribution is 0.397. The van der Waals surface area contributed by atoms with E-state index < -0.39 is 19.1 Å². The van der Waals surface area contributed by atoms with E-state index in [9.17, 15) is 16.8 Å². The number of hydrogen-bond acceptors (Lipinski definition) is 6. The number of aryl methyl sites for hydroxylation is 1. The number of sulfonamides is 1. The summed E-state index contributed by atoms with van der Waals surface area (Å²) in [6.07, 6.45) is 0.480. The van der Waals surface area contributed by atoms with Crippen LogP contribution in [0, 0.1) is 12.3 Å². The van der Waals surface area contributed by atoms with Crippen molar-refractivity contribution in [3.05, 3.63) is 5.69 Å². The van der Waals surface area contributed by atoms with Crippen LogP contribution in [0.4, 0.5) is 5.13 Å². The van der Waals surface area contributed by atoms with E-state index in [1.165, 1.54) is 6.92 Å². The van der Waals surface area contributed by atoms with Gasteiger partial charge in [0.25, 0.3) is 9.05 Å². The fourth-order valence-corrected chi connectivity index (χ4v) is 5.32. The van der Waals surface area contributed by atoms with Gasteiger partial charge in [0, 0.05) is 10.7 Å². The molecule has 1 aromatic heterocycles. The molecule has 10 heteroatoms. The van der Waals surface area contributed by atoms with Crippen LogP contribution in [0.15, 0.2) is 4.21 Å². The number of nitrogens with zero attached hydrogens (tertiary/aromatic N) is 1. The van der Waals surface area contributed by atoms with Crippen molar-refractivity contribution in [3.63, 3.8) is 0 Å². The minimum atomic E-state index is -3.91. The summed E-state index contributed by atoms with van der Waals surface area (Å²) in [6.45, 7) is 7.27. The molecule has 20 heavy (non-hydrogen) atoms. The molecule has 6 nitrogen and oxygen atoms in total. The molecule has 116 valence electrons. The predicted octanol–water partition coefficient (Wildman–Crippen LogP) is 2.56. The normalized spacial score (nSPS) is 13.4. The zero-order valence-corrected chi connectivity index (χ0v) is 14.8. The Balaban J connectivity index is 2.89. The Kier molecular flexibility index (Phi) is 5.11. The fourth-order valence-electron chi connectivity index (χ4n) is 1.28. The van der Waals surface area contributed by atoms with Gasteiger partial charge >= 0.3 is 0 Å². The van der Waals surface area contributed by atoms with Crippen molar-refractivity contribution >= 4 is 46.2 Å². The lowest BCUT2D eigenvalue weighted by Gasteiger charge is -2.17. The predicted molar refractivity (Wildman–Crippen MR) is 81.4 cm³/mol. The molecule has 0 saturated carbocycles. The first kappa shape index (κ1) is 17.7. The van der Waals surface area contributed by atoms with Gasteiger partial charge in [-0.05, 0) is 18.8 Å². The molecule has 0 radical (unpaired) electrons. The van der Waals surface area contributed by atoms with E-state index in [0.717, 1.165) is 0 Å². The molecule has 1 aromatic rings. The van der Waals surface area contributed by atoms with Gasteiger partial charge < -0.3 is 0 Å². The highest BCUT2D eigenvalue weighted by molar-refractivity contribution is 8.15. The average molecular weight is 361 g/mol. The summed E-state index contributed by atoms with van der Waals surface area (Å²) in [5, 5.41) is 0.00985. The molecule has 0 aromatic carbocycles. The minimum Gasteiger partial charge on any atom is -0.259 e. The van der Waals surface area contributed by atoms with Gasteiger partial charge in [-0.15, -0.1) is 0 Å². The van der Waals surface area contributed by atoms with Crippen molar-refractivity contribution in [3.8, 4) is 0 Å². The van der Waals surface area contributed by atoms with E-state index in [4.69, 9.17) is 10.7 Å². The highest BCUT2D eigenvalue weighted by Gasteiger charge is 2.23. The second-order valence-corrected chi connectivity index (χ2v) is 11.2. The Bertz CT molecular complexity index is 687. The third-order valence-electron chi connectivity index (χ3n) is 2.34. The molecule has 0 aliphatic carbocycles. The van der Waals surface area contributed by atoms with Gasteiger partial charge in [-0.25, -0.2) is 21.8 Å². The van der Waals surface area contributed by atoms with Crippen LogP contribution in [-0.4, -0.2) is 27.6 Å². The number of nitrogens with one attached hydrogen (secondary N) is 1. The third kappa shape index (κ3) is 5.55. The zero-order chi connectivity index (χ0) is 15.8. The van der Waals surface area contributed by atoms with Crippen LogP contribution in [-0.2, 0) is 19.1 Å². The van der Waals surface area contributed by atoms with Crippen LogP contribution in [0.2, 0.25) is 0 Å². The topological polar surface area (TPSA) is 93.2 Å². The fraction of sp³-hybridized carbons (Fsp3) is 0.700. The Hall–Kier alpha value is -0.380. The van der Waals surface area contributed by atoms with E-state index in [1.807, 2.05) is 20.8 Å². The zero-order valence-electron chi connectivity index (χ0n) is 11.6. The number of aromatic nitrogens is 1. The van der Waals surface area contributed by atoms with E-state index in [0.29, 0.717) is 17.8 Å². The molecule has 0 aliphatic heterocycles. The largest absolute Gasteiger partial charge is 0.272 e. The number of thiazole rings is 1. The van der Waals surface area contributed by atoms with Gasteiger partial charge in [0.15, 0.2) is 9.34 Å². The molecule has 0 aliphatic rings. The maximum absolute atomic E-state index is 11.9. The van der Waals surface area contributed by atoms with Crippen molar-refractivity contribution in [1.29, 1.82) is 0 Å². The highest BCUT2D eigenvalue weighted by atomic mass is 35.7. The molecule has 0 fully saturated rings. The molecule has 1 rings (SSSR count). The van der Waals surface area contributed by atoms with Crippen molar-refractivity contribution < 1.29 is 16.8 Å². The molecule has 1 N–H and O–H groups in total. The quantitative estimate of drug-likeness (QED) is 0.814.